The van der Waals surface area contributed by atoms with E-state index >= 15 is 0 Å². The van der Waals surface area contributed by atoms with Gasteiger partial charge in [0.2, 0.25) is 5.91 Å². The molecule has 0 radical (unpaired) electrons. The fourth-order valence-electron chi connectivity index (χ4n) is 3.05. The summed E-state index contributed by atoms with van der Waals surface area (Å²) in [6.07, 6.45) is 1.57. The molecule has 0 fully saturated rings. The Morgan fingerprint density at radius 1 is 1.21 bits per heavy atom. The maximum absolute atomic E-state index is 12.6. The quantitative estimate of drug-likeness (QED) is 0.466. The number of ether oxygens (including phenoxy) is 2. The van der Waals surface area contributed by atoms with Crippen molar-refractivity contribution in [3.05, 3.63) is 40.5 Å². The van der Waals surface area contributed by atoms with Crippen molar-refractivity contribution in [1.82, 2.24) is 14.9 Å². The van der Waals surface area contributed by atoms with E-state index in [9.17, 15) is 4.79 Å². The molecule has 0 spiro atoms. The number of thioether (sulfide) groups is 1. The van der Waals surface area contributed by atoms with E-state index in [1.54, 1.807) is 22.6 Å². The Balaban J connectivity index is 1.41. The van der Waals surface area contributed by atoms with Gasteiger partial charge in [-0.15, -0.1) is 11.3 Å². The number of amides is 1. The van der Waals surface area contributed by atoms with Crippen LogP contribution in [0.5, 0.6) is 11.5 Å². The molecule has 0 bridgehead atoms. The largest absolute Gasteiger partial charge is 0.486 e. The molecular weight excluding hydrogens is 394 g/mol. The van der Waals surface area contributed by atoms with Gasteiger partial charge in [-0.05, 0) is 37.1 Å². The predicted molar refractivity (Wildman–Crippen MR) is 112 cm³/mol. The standard InChI is InChI=1S/C20H21N3O3S2/c1-12-13(2)28-20-18(12)19(21-11-22-20)27-10-17(24)23(3)9-14-4-5-15-16(8-14)26-7-6-25-15/h4-5,8,11H,6-7,9-10H2,1-3H3. The van der Waals surface area contributed by atoms with Crippen molar-refractivity contribution >= 4 is 39.2 Å². The second kappa shape index (κ2) is 7.97. The summed E-state index contributed by atoms with van der Waals surface area (Å²) in [6, 6.07) is 5.81. The second-order valence-corrected chi connectivity index (χ2v) is 8.83. The maximum Gasteiger partial charge on any atom is 0.233 e. The number of hydrogen-bond acceptors (Lipinski definition) is 7. The lowest BCUT2D eigenvalue weighted by atomic mass is 10.2. The van der Waals surface area contributed by atoms with E-state index in [1.807, 2.05) is 25.2 Å². The van der Waals surface area contributed by atoms with Crippen LogP contribution in [0.3, 0.4) is 0 Å². The summed E-state index contributed by atoms with van der Waals surface area (Å²) in [7, 11) is 1.81. The van der Waals surface area contributed by atoms with Gasteiger partial charge in [0.25, 0.3) is 0 Å². The minimum atomic E-state index is 0.0521. The van der Waals surface area contributed by atoms with Crippen molar-refractivity contribution in [2.45, 2.75) is 25.4 Å². The van der Waals surface area contributed by atoms with Crippen LogP contribution in [0.15, 0.2) is 29.6 Å². The highest BCUT2D eigenvalue weighted by molar-refractivity contribution is 8.00. The zero-order valence-electron chi connectivity index (χ0n) is 16.0. The molecule has 0 aliphatic carbocycles. The Kier molecular flexibility index (Phi) is 5.41. The number of thiophene rings is 1. The van der Waals surface area contributed by atoms with Crippen LogP contribution in [-0.4, -0.2) is 46.8 Å². The zero-order valence-corrected chi connectivity index (χ0v) is 17.7. The molecule has 0 saturated heterocycles. The fraction of sp³-hybridized carbons (Fsp3) is 0.350. The van der Waals surface area contributed by atoms with Crippen LogP contribution >= 0.6 is 23.1 Å². The molecule has 146 valence electrons. The lowest BCUT2D eigenvalue weighted by Gasteiger charge is -2.21. The third-order valence-corrected chi connectivity index (χ3v) is 6.80. The Morgan fingerprint density at radius 2 is 2.00 bits per heavy atom. The van der Waals surface area contributed by atoms with Crippen LogP contribution in [0.25, 0.3) is 10.2 Å². The molecule has 1 aliphatic rings. The van der Waals surface area contributed by atoms with Gasteiger partial charge in [-0.3, -0.25) is 4.79 Å². The summed E-state index contributed by atoms with van der Waals surface area (Å²) >= 11 is 3.13. The molecule has 1 aromatic carbocycles. The SMILES string of the molecule is Cc1sc2ncnc(SCC(=O)N(C)Cc3ccc4c(c3)OCCO4)c2c1C. The first kappa shape index (κ1) is 19.0. The molecule has 0 saturated carbocycles. The van der Waals surface area contributed by atoms with Crippen LogP contribution in [-0.2, 0) is 11.3 Å². The van der Waals surface area contributed by atoms with E-state index in [4.69, 9.17) is 9.47 Å². The van der Waals surface area contributed by atoms with Crippen molar-refractivity contribution in [3.63, 3.8) is 0 Å². The summed E-state index contributed by atoms with van der Waals surface area (Å²) < 4.78 is 11.2. The third kappa shape index (κ3) is 3.79. The summed E-state index contributed by atoms with van der Waals surface area (Å²) in [5.74, 6) is 1.89. The lowest BCUT2D eigenvalue weighted by molar-refractivity contribution is -0.127. The van der Waals surface area contributed by atoms with E-state index in [2.05, 4.69) is 23.8 Å². The number of hydrogen-bond donors (Lipinski definition) is 0. The van der Waals surface area contributed by atoms with Crippen LogP contribution in [0, 0.1) is 13.8 Å². The smallest absolute Gasteiger partial charge is 0.233 e. The topological polar surface area (TPSA) is 64.6 Å². The highest BCUT2D eigenvalue weighted by Crippen LogP contribution is 2.34. The highest BCUT2D eigenvalue weighted by atomic mass is 32.2. The van der Waals surface area contributed by atoms with Crippen LogP contribution < -0.4 is 9.47 Å². The maximum atomic E-state index is 12.6. The zero-order chi connectivity index (χ0) is 19.7. The van der Waals surface area contributed by atoms with Gasteiger partial charge in [0.15, 0.2) is 11.5 Å². The molecule has 6 nitrogen and oxygen atoms in total. The summed E-state index contributed by atoms with van der Waals surface area (Å²) in [4.78, 5) is 25.3. The Bertz CT molecular complexity index is 1030. The molecule has 3 heterocycles. The van der Waals surface area contributed by atoms with Gasteiger partial charge < -0.3 is 14.4 Å². The normalized spacial score (nSPS) is 13.0. The number of aromatic nitrogens is 2. The Morgan fingerprint density at radius 3 is 2.82 bits per heavy atom. The Labute approximate surface area is 171 Å². The van der Waals surface area contributed by atoms with Crippen molar-refractivity contribution in [2.75, 3.05) is 26.0 Å². The van der Waals surface area contributed by atoms with Crippen molar-refractivity contribution in [3.8, 4) is 11.5 Å². The molecular formula is C20H21N3O3S2. The van der Waals surface area contributed by atoms with Gasteiger partial charge in [0.05, 0.1) is 5.75 Å². The van der Waals surface area contributed by atoms with E-state index < -0.39 is 0 Å². The van der Waals surface area contributed by atoms with Gasteiger partial charge in [-0.25, -0.2) is 9.97 Å². The Hall–Kier alpha value is -2.32. The summed E-state index contributed by atoms with van der Waals surface area (Å²) in [6.45, 7) is 5.81. The number of carbonyl (C=O) groups excluding carboxylic acids is 1. The summed E-state index contributed by atoms with van der Waals surface area (Å²) in [5, 5.41) is 1.94. The molecule has 3 aromatic rings. The molecule has 8 heteroatoms. The average Bonchev–Trinajstić information content (AvgIpc) is 3.00. The highest BCUT2D eigenvalue weighted by Gasteiger charge is 2.17. The number of fused-ring (bicyclic) bond motifs is 2. The number of aryl methyl sites for hydroxylation is 2. The molecule has 0 unspecified atom stereocenters. The van der Waals surface area contributed by atoms with Crippen molar-refractivity contribution < 1.29 is 14.3 Å². The monoisotopic (exact) mass is 415 g/mol. The van der Waals surface area contributed by atoms with Gasteiger partial charge in [-0.1, -0.05) is 17.8 Å². The molecule has 1 aliphatic heterocycles. The molecule has 0 atom stereocenters. The van der Waals surface area contributed by atoms with E-state index in [-0.39, 0.29) is 5.91 Å². The molecule has 1 amide bonds. The number of nitrogens with zero attached hydrogens (tertiary/aromatic N) is 3. The first-order valence-electron chi connectivity index (χ1n) is 8.99. The molecule has 4 rings (SSSR count). The van der Waals surface area contributed by atoms with Crippen LogP contribution in [0.4, 0.5) is 0 Å². The molecule has 28 heavy (non-hydrogen) atoms. The van der Waals surface area contributed by atoms with Gasteiger partial charge in [0, 0.05) is 23.9 Å². The van der Waals surface area contributed by atoms with E-state index in [0.717, 1.165) is 32.3 Å². The number of benzene rings is 1. The average molecular weight is 416 g/mol. The van der Waals surface area contributed by atoms with Gasteiger partial charge in [-0.2, -0.15) is 0 Å². The predicted octanol–water partition coefficient (Wildman–Crippen LogP) is 3.83. The van der Waals surface area contributed by atoms with Crippen LogP contribution in [0.2, 0.25) is 0 Å². The number of carbonyl (C=O) groups is 1. The minimum absolute atomic E-state index is 0.0521. The van der Waals surface area contributed by atoms with E-state index in [1.165, 1.54) is 22.2 Å². The lowest BCUT2D eigenvalue weighted by Crippen LogP contribution is -2.28. The number of rotatable bonds is 5. The van der Waals surface area contributed by atoms with Gasteiger partial charge >= 0.3 is 0 Å². The minimum Gasteiger partial charge on any atom is -0.486 e. The van der Waals surface area contributed by atoms with Gasteiger partial charge in [0.1, 0.15) is 29.4 Å². The first-order valence-corrected chi connectivity index (χ1v) is 10.8. The fourth-order valence-corrected chi connectivity index (χ4v) is 5.11. The van der Waals surface area contributed by atoms with Crippen molar-refractivity contribution in [1.29, 1.82) is 0 Å². The molecule has 2 aromatic heterocycles. The van der Waals surface area contributed by atoms with Crippen LogP contribution in [0.1, 0.15) is 16.0 Å². The van der Waals surface area contributed by atoms with Crippen molar-refractivity contribution in [2.24, 2.45) is 0 Å². The first-order chi connectivity index (χ1) is 13.5. The molecule has 0 N–H and O–H groups in total. The third-order valence-electron chi connectivity index (χ3n) is 4.72. The summed E-state index contributed by atoms with van der Waals surface area (Å²) in [5.41, 5.74) is 2.21. The second-order valence-electron chi connectivity index (χ2n) is 6.66. The van der Waals surface area contributed by atoms with E-state index in [0.29, 0.717) is 25.5 Å².